The molecule has 0 aliphatic carbocycles. The molecule has 1 aliphatic heterocycles. The van der Waals surface area contributed by atoms with Gasteiger partial charge in [-0.3, -0.25) is 0 Å². The molecule has 0 spiro atoms. The van der Waals surface area contributed by atoms with Gasteiger partial charge in [0.25, 0.3) is 0 Å². The van der Waals surface area contributed by atoms with E-state index in [4.69, 9.17) is 0 Å². The molecule has 0 unspecified atom stereocenters. The van der Waals surface area contributed by atoms with Gasteiger partial charge in [-0.1, -0.05) is 0 Å². The molecule has 5 rings (SSSR count). The van der Waals surface area contributed by atoms with Gasteiger partial charge in [0.1, 0.15) is 0 Å². The number of carbonyl (C=O) groups excluding carboxylic acids is 4. The van der Waals surface area contributed by atoms with Gasteiger partial charge in [0.05, 0.1) is 0 Å². The van der Waals surface area contributed by atoms with Gasteiger partial charge in [-0.05, 0) is 0 Å². The van der Waals surface area contributed by atoms with Gasteiger partial charge in [-0.25, -0.2) is 0 Å². The molecule has 184 valence electrons. The van der Waals surface area contributed by atoms with Crippen LogP contribution in [0.25, 0.3) is 0 Å². The number of carbonyl (C=O) groups is 4. The van der Waals surface area contributed by atoms with Crippen LogP contribution >= 0.6 is 0 Å². The first-order chi connectivity index (χ1) is 18.5. The molecule has 0 saturated heterocycles. The standard InChI is InChI=1S/C32H24Ge2O4/c35-29(25-13-5-1-6-14-25)33(30(36)26-15-7-2-8-16-26)21-23-34(24-22-33,31(37)27-17-9-3-10-18-27)32(38)28-19-11-4-12-20-28/h1-24H. The van der Waals surface area contributed by atoms with E-state index in [0.29, 0.717) is 22.3 Å². The van der Waals surface area contributed by atoms with Gasteiger partial charge in [0.2, 0.25) is 0 Å². The van der Waals surface area contributed by atoms with Crippen molar-refractivity contribution in [3.63, 3.8) is 0 Å². The van der Waals surface area contributed by atoms with Crippen LogP contribution in [0, 0.1) is 0 Å². The maximum absolute atomic E-state index is 14.0. The van der Waals surface area contributed by atoms with Gasteiger partial charge in [-0.2, -0.15) is 0 Å². The molecule has 0 saturated carbocycles. The Morgan fingerprint density at radius 3 is 0.684 bits per heavy atom. The van der Waals surface area contributed by atoms with Crippen molar-refractivity contribution in [3.05, 3.63) is 163 Å². The van der Waals surface area contributed by atoms with Crippen molar-refractivity contribution >= 4 is 45.0 Å². The molecule has 4 aromatic carbocycles. The van der Waals surface area contributed by atoms with Crippen LogP contribution in [0.5, 0.6) is 0 Å². The molecule has 0 radical (unpaired) electrons. The Bertz CT molecular complexity index is 1320. The monoisotopic (exact) mass is 620 g/mol. The number of hydrogen-bond acceptors (Lipinski definition) is 4. The zero-order valence-electron chi connectivity index (χ0n) is 20.5. The van der Waals surface area contributed by atoms with E-state index < -0.39 is 26.5 Å². The molecule has 4 nitrogen and oxygen atoms in total. The quantitative estimate of drug-likeness (QED) is 0.233. The molecule has 0 atom stereocenters. The summed E-state index contributed by atoms with van der Waals surface area (Å²) in [7, 11) is 0. The Balaban J connectivity index is 1.68. The van der Waals surface area contributed by atoms with E-state index in [2.05, 4.69) is 0 Å². The predicted molar refractivity (Wildman–Crippen MR) is 153 cm³/mol. The second-order valence-electron chi connectivity index (χ2n) is 9.19. The molecule has 0 bridgehead atoms. The van der Waals surface area contributed by atoms with Crippen LogP contribution in [0.15, 0.2) is 141 Å². The summed E-state index contributed by atoms with van der Waals surface area (Å²) >= 11 is -8.68. The summed E-state index contributed by atoms with van der Waals surface area (Å²) in [4.78, 5) is 63.0. The molecule has 38 heavy (non-hydrogen) atoms. The molecule has 6 heteroatoms. The fourth-order valence-electron chi connectivity index (χ4n) is 4.76. The third kappa shape index (κ3) is 4.61. The van der Waals surface area contributed by atoms with Gasteiger partial charge in [-0.15, -0.1) is 0 Å². The van der Waals surface area contributed by atoms with E-state index in [0.717, 1.165) is 0 Å². The molecule has 0 N–H and O–H groups in total. The summed E-state index contributed by atoms with van der Waals surface area (Å²) in [6, 6.07) is 35.1. The Morgan fingerprint density at radius 1 is 0.316 bits per heavy atom. The Labute approximate surface area is 226 Å². The second-order valence-corrected chi connectivity index (χ2v) is 23.1. The van der Waals surface area contributed by atoms with E-state index in [9.17, 15) is 19.2 Å². The molecule has 0 amide bonds. The van der Waals surface area contributed by atoms with E-state index in [1.165, 1.54) is 0 Å². The zero-order chi connectivity index (χ0) is 26.6. The van der Waals surface area contributed by atoms with Gasteiger partial charge in [0.15, 0.2) is 0 Å². The van der Waals surface area contributed by atoms with Crippen LogP contribution in [-0.4, -0.2) is 45.0 Å². The predicted octanol–water partition coefficient (Wildman–Crippen LogP) is 5.86. The van der Waals surface area contributed by atoms with Crippen molar-refractivity contribution < 1.29 is 19.2 Å². The minimum atomic E-state index is -4.34. The average molecular weight is 618 g/mol. The fourth-order valence-corrected chi connectivity index (χ4v) is 27.7. The SMILES string of the molecule is O=[C](c1ccccc1)[Ge]1([C](=O)c2ccccc2)[CH]=[CH][Ge]([C](=O)c2ccccc2)([C](=O)c2ccccc2)[CH]=[CH]1. The van der Waals surface area contributed by atoms with E-state index in [1.807, 2.05) is 24.3 Å². The van der Waals surface area contributed by atoms with E-state index in [-0.39, 0.29) is 18.5 Å². The van der Waals surface area contributed by atoms with Crippen molar-refractivity contribution in [1.82, 2.24) is 0 Å². The maximum atomic E-state index is 14.0. The summed E-state index contributed by atoms with van der Waals surface area (Å²) < 4.78 is -0.880. The molecule has 1 aliphatic rings. The summed E-state index contributed by atoms with van der Waals surface area (Å²) in [6.07, 6.45) is 0. The number of rotatable bonds is 8. The van der Waals surface area contributed by atoms with Crippen molar-refractivity contribution in [2.45, 2.75) is 0 Å². The summed E-state index contributed by atoms with van der Waals surface area (Å²) in [6.45, 7) is 0. The molecular weight excluding hydrogens is 594 g/mol. The molecule has 1 heterocycles. The van der Waals surface area contributed by atoms with Crippen LogP contribution in [-0.2, 0) is 0 Å². The molecule has 0 fully saturated rings. The van der Waals surface area contributed by atoms with E-state index in [1.54, 1.807) is 117 Å². The molecule has 0 aromatic heterocycles. The average Bonchev–Trinajstić information content (AvgIpc) is 3.01. The first kappa shape index (κ1) is 25.8. The number of benzene rings is 4. The van der Waals surface area contributed by atoms with E-state index >= 15 is 0 Å². The first-order valence-electron chi connectivity index (χ1n) is 12.3. The van der Waals surface area contributed by atoms with Gasteiger partial charge in [0, 0.05) is 0 Å². The third-order valence-electron chi connectivity index (χ3n) is 6.87. The third-order valence-corrected chi connectivity index (χ3v) is 24.3. The first-order valence-corrected chi connectivity index (χ1v) is 21.3. The van der Waals surface area contributed by atoms with Crippen molar-refractivity contribution in [3.8, 4) is 0 Å². The van der Waals surface area contributed by atoms with Crippen LogP contribution in [0.2, 0.25) is 0 Å². The minimum absolute atomic E-state index is 0.220. The summed E-state index contributed by atoms with van der Waals surface area (Å²) in [5.74, 6) is 0. The Kier molecular flexibility index (Phi) is 7.36. The molecular formula is C32H24Ge2O4. The summed E-state index contributed by atoms with van der Waals surface area (Å²) in [5, 5.41) is 0. The topological polar surface area (TPSA) is 68.3 Å². The van der Waals surface area contributed by atoms with Crippen molar-refractivity contribution in [2.24, 2.45) is 0 Å². The Hall–Kier alpha value is -3.87. The zero-order valence-corrected chi connectivity index (χ0v) is 24.7. The second kappa shape index (κ2) is 10.9. The normalized spacial score (nSPS) is 14.9. The Morgan fingerprint density at radius 2 is 0.500 bits per heavy atom. The molecule has 4 aromatic rings. The van der Waals surface area contributed by atoms with Crippen LogP contribution in [0.3, 0.4) is 0 Å². The van der Waals surface area contributed by atoms with Gasteiger partial charge >= 0.3 is 227 Å². The van der Waals surface area contributed by atoms with Crippen LogP contribution < -0.4 is 0 Å². The summed E-state index contributed by atoms with van der Waals surface area (Å²) in [5.41, 5.74) is 1.81. The fraction of sp³-hybridized carbons (Fsp3) is 0. The van der Waals surface area contributed by atoms with Gasteiger partial charge < -0.3 is 0 Å². The van der Waals surface area contributed by atoms with Crippen LogP contribution in [0.4, 0.5) is 0 Å². The van der Waals surface area contributed by atoms with Crippen LogP contribution in [0.1, 0.15) is 41.4 Å². The van der Waals surface area contributed by atoms with Crippen molar-refractivity contribution in [1.29, 1.82) is 0 Å². The number of hydrogen-bond donors (Lipinski definition) is 0. The van der Waals surface area contributed by atoms with Crippen molar-refractivity contribution in [2.75, 3.05) is 0 Å².